The number of allylic oxidation sites excluding steroid dienone is 2. The topological polar surface area (TPSA) is 23.8 Å². The van der Waals surface area contributed by atoms with E-state index < -0.39 is 0 Å². The van der Waals surface area contributed by atoms with E-state index in [9.17, 15) is 0 Å². The molecule has 0 saturated heterocycles. The van der Waals surface area contributed by atoms with Crippen molar-refractivity contribution < 1.29 is 0 Å². The first-order chi connectivity index (χ1) is 6.92. The highest BCUT2D eigenvalue weighted by atomic mass is 14.3. The van der Waals surface area contributed by atoms with Crippen molar-refractivity contribution in [2.24, 2.45) is 5.92 Å². The SMILES string of the molecule is N#CC1CC=CCC1c1ccccc1. The van der Waals surface area contributed by atoms with Gasteiger partial charge in [-0.15, -0.1) is 0 Å². The number of hydrogen-bond donors (Lipinski definition) is 0. The number of benzene rings is 1. The maximum absolute atomic E-state index is 9.04. The third kappa shape index (κ3) is 1.70. The van der Waals surface area contributed by atoms with E-state index in [1.807, 2.05) is 18.2 Å². The van der Waals surface area contributed by atoms with Crippen LogP contribution in [0.2, 0.25) is 0 Å². The minimum absolute atomic E-state index is 0.155. The summed E-state index contributed by atoms with van der Waals surface area (Å²) < 4.78 is 0. The van der Waals surface area contributed by atoms with E-state index >= 15 is 0 Å². The fraction of sp³-hybridized carbons (Fsp3) is 0.308. The Morgan fingerprint density at radius 3 is 2.50 bits per heavy atom. The molecule has 1 nitrogen and oxygen atoms in total. The smallest absolute Gasteiger partial charge is 0.0665 e. The van der Waals surface area contributed by atoms with Gasteiger partial charge >= 0.3 is 0 Å². The van der Waals surface area contributed by atoms with E-state index in [0.29, 0.717) is 5.92 Å². The molecular formula is C13H13N. The molecule has 70 valence electrons. The van der Waals surface area contributed by atoms with Crippen LogP contribution in [0.3, 0.4) is 0 Å². The predicted octanol–water partition coefficient (Wildman–Crippen LogP) is 3.26. The Balaban J connectivity index is 2.26. The molecule has 0 aromatic heterocycles. The van der Waals surface area contributed by atoms with Crippen LogP contribution in [0.25, 0.3) is 0 Å². The standard InChI is InChI=1S/C13H13N/c14-10-12-8-4-5-9-13(12)11-6-2-1-3-7-11/h1-7,12-13H,8-9H2. The molecule has 0 heterocycles. The summed E-state index contributed by atoms with van der Waals surface area (Å²) in [4.78, 5) is 0. The van der Waals surface area contributed by atoms with Gasteiger partial charge in [-0.05, 0) is 18.4 Å². The first-order valence-electron chi connectivity index (χ1n) is 5.01. The van der Waals surface area contributed by atoms with Crippen LogP contribution in [-0.2, 0) is 0 Å². The van der Waals surface area contributed by atoms with Crippen molar-refractivity contribution in [1.29, 1.82) is 5.26 Å². The van der Waals surface area contributed by atoms with Gasteiger partial charge in [-0.3, -0.25) is 0 Å². The Morgan fingerprint density at radius 2 is 1.79 bits per heavy atom. The van der Waals surface area contributed by atoms with E-state index in [1.165, 1.54) is 5.56 Å². The van der Waals surface area contributed by atoms with Crippen molar-refractivity contribution in [3.63, 3.8) is 0 Å². The highest BCUT2D eigenvalue weighted by molar-refractivity contribution is 5.24. The van der Waals surface area contributed by atoms with Crippen LogP contribution in [-0.4, -0.2) is 0 Å². The van der Waals surface area contributed by atoms with Crippen LogP contribution in [0.5, 0.6) is 0 Å². The molecule has 1 aromatic rings. The largest absolute Gasteiger partial charge is 0.198 e. The Bertz CT molecular complexity index is 359. The fourth-order valence-electron chi connectivity index (χ4n) is 2.03. The third-order valence-corrected chi connectivity index (χ3v) is 2.83. The van der Waals surface area contributed by atoms with E-state index in [-0.39, 0.29) is 5.92 Å². The lowest BCUT2D eigenvalue weighted by molar-refractivity contribution is 0.506. The van der Waals surface area contributed by atoms with Gasteiger partial charge in [0.15, 0.2) is 0 Å². The van der Waals surface area contributed by atoms with Crippen LogP contribution >= 0.6 is 0 Å². The van der Waals surface area contributed by atoms with E-state index in [0.717, 1.165) is 12.8 Å². The molecule has 14 heavy (non-hydrogen) atoms. The van der Waals surface area contributed by atoms with Gasteiger partial charge < -0.3 is 0 Å². The molecule has 0 bridgehead atoms. The summed E-state index contributed by atoms with van der Waals surface area (Å²) in [5.41, 5.74) is 1.29. The predicted molar refractivity (Wildman–Crippen MR) is 56.7 cm³/mol. The molecule has 1 heteroatoms. The Labute approximate surface area is 84.7 Å². The monoisotopic (exact) mass is 183 g/mol. The number of rotatable bonds is 1. The molecule has 0 amide bonds. The average Bonchev–Trinajstić information content (AvgIpc) is 2.30. The molecule has 0 radical (unpaired) electrons. The second-order valence-electron chi connectivity index (χ2n) is 3.70. The van der Waals surface area contributed by atoms with Crippen molar-refractivity contribution in [3.8, 4) is 6.07 Å². The third-order valence-electron chi connectivity index (χ3n) is 2.83. The fourth-order valence-corrected chi connectivity index (χ4v) is 2.03. The number of nitriles is 1. The lowest BCUT2D eigenvalue weighted by Gasteiger charge is -2.23. The van der Waals surface area contributed by atoms with Gasteiger partial charge in [-0.25, -0.2) is 0 Å². The second kappa shape index (κ2) is 4.11. The van der Waals surface area contributed by atoms with Crippen molar-refractivity contribution in [2.45, 2.75) is 18.8 Å². The highest BCUT2D eigenvalue weighted by Crippen LogP contribution is 2.33. The Hall–Kier alpha value is -1.55. The van der Waals surface area contributed by atoms with Gasteiger partial charge in [-0.2, -0.15) is 5.26 Å². The summed E-state index contributed by atoms with van der Waals surface area (Å²) in [7, 11) is 0. The van der Waals surface area contributed by atoms with Gasteiger partial charge in [0.25, 0.3) is 0 Å². The van der Waals surface area contributed by atoms with Gasteiger partial charge in [0.05, 0.1) is 12.0 Å². The lowest BCUT2D eigenvalue weighted by atomic mass is 9.79. The van der Waals surface area contributed by atoms with Gasteiger partial charge in [0.1, 0.15) is 0 Å². The zero-order valence-electron chi connectivity index (χ0n) is 8.06. The first kappa shape index (κ1) is 9.02. The average molecular weight is 183 g/mol. The van der Waals surface area contributed by atoms with Crippen LogP contribution in [0.15, 0.2) is 42.5 Å². The summed E-state index contributed by atoms with van der Waals surface area (Å²) >= 11 is 0. The maximum atomic E-state index is 9.04. The minimum atomic E-state index is 0.155. The Morgan fingerprint density at radius 1 is 1.07 bits per heavy atom. The van der Waals surface area contributed by atoms with Crippen LogP contribution < -0.4 is 0 Å². The van der Waals surface area contributed by atoms with E-state index in [4.69, 9.17) is 5.26 Å². The quantitative estimate of drug-likeness (QED) is 0.613. The maximum Gasteiger partial charge on any atom is 0.0665 e. The first-order valence-corrected chi connectivity index (χ1v) is 5.01. The van der Waals surface area contributed by atoms with E-state index in [1.54, 1.807) is 0 Å². The van der Waals surface area contributed by atoms with Crippen molar-refractivity contribution >= 4 is 0 Å². The van der Waals surface area contributed by atoms with Crippen molar-refractivity contribution in [2.75, 3.05) is 0 Å². The van der Waals surface area contributed by atoms with Crippen molar-refractivity contribution in [1.82, 2.24) is 0 Å². The lowest BCUT2D eigenvalue weighted by Crippen LogP contribution is -2.13. The molecule has 0 spiro atoms. The summed E-state index contributed by atoms with van der Waals surface area (Å²) in [5, 5.41) is 9.04. The number of nitrogens with zero attached hydrogens (tertiary/aromatic N) is 1. The molecule has 0 N–H and O–H groups in total. The molecule has 0 aliphatic heterocycles. The molecule has 2 unspecified atom stereocenters. The molecule has 1 aromatic carbocycles. The second-order valence-corrected chi connectivity index (χ2v) is 3.70. The number of hydrogen-bond acceptors (Lipinski definition) is 1. The summed E-state index contributed by atoms with van der Waals surface area (Å²) in [6.07, 6.45) is 6.21. The Kier molecular flexibility index (Phi) is 2.65. The molecule has 2 atom stereocenters. The summed E-state index contributed by atoms with van der Waals surface area (Å²) in [6, 6.07) is 12.7. The summed E-state index contributed by atoms with van der Waals surface area (Å²) in [6.45, 7) is 0. The van der Waals surface area contributed by atoms with Gasteiger partial charge in [-0.1, -0.05) is 42.5 Å². The highest BCUT2D eigenvalue weighted by Gasteiger charge is 2.23. The van der Waals surface area contributed by atoms with Crippen LogP contribution in [0.4, 0.5) is 0 Å². The zero-order chi connectivity index (χ0) is 9.80. The normalized spacial score (nSPS) is 25.6. The molecule has 0 saturated carbocycles. The summed E-state index contributed by atoms with van der Waals surface area (Å²) in [5.74, 6) is 0.550. The minimum Gasteiger partial charge on any atom is -0.198 e. The van der Waals surface area contributed by atoms with Crippen molar-refractivity contribution in [3.05, 3.63) is 48.0 Å². The van der Waals surface area contributed by atoms with Gasteiger partial charge in [0.2, 0.25) is 0 Å². The van der Waals surface area contributed by atoms with Crippen LogP contribution in [0, 0.1) is 17.2 Å². The van der Waals surface area contributed by atoms with Gasteiger partial charge in [0, 0.05) is 5.92 Å². The molecule has 1 aliphatic carbocycles. The molecular weight excluding hydrogens is 170 g/mol. The molecule has 0 fully saturated rings. The van der Waals surface area contributed by atoms with Crippen LogP contribution in [0.1, 0.15) is 24.3 Å². The molecule has 1 aliphatic rings. The van der Waals surface area contributed by atoms with E-state index in [2.05, 4.69) is 30.4 Å². The molecule has 2 rings (SSSR count). The zero-order valence-corrected chi connectivity index (χ0v) is 8.06.